The van der Waals surface area contributed by atoms with Gasteiger partial charge in [-0.15, -0.1) is 5.10 Å². The average Bonchev–Trinajstić information content (AvgIpc) is 3.32. The van der Waals surface area contributed by atoms with E-state index < -0.39 is 0 Å². The normalized spacial score (nSPS) is 10.9. The van der Waals surface area contributed by atoms with Gasteiger partial charge >= 0.3 is 6.01 Å². The van der Waals surface area contributed by atoms with E-state index in [1.54, 1.807) is 24.3 Å². The summed E-state index contributed by atoms with van der Waals surface area (Å²) in [4.78, 5) is 12.7. The number of benzene rings is 4. The fraction of sp³-hybridized carbons (Fsp3) is 0.0385. The zero-order valence-corrected chi connectivity index (χ0v) is 19.6. The maximum absolute atomic E-state index is 12.7. The molecule has 35 heavy (non-hydrogen) atoms. The minimum absolute atomic E-state index is 0.0277. The number of carbonyl (C=O) groups excluding carboxylic acids is 1. The standard InChI is InChI=1S/C26H18Cl2N4O3/c27-17-8-5-15(6-9-17)13-24(34)29-21-10-11-22(19-4-2-1-3-18(19)21)30-26-32-31-25(35-26)16-7-12-23(33)20(28)14-16/h1-12,14,33H,13H2,(H,29,34)(H,30,32). The Balaban J connectivity index is 1.37. The summed E-state index contributed by atoms with van der Waals surface area (Å²) in [6.45, 7) is 0. The molecular weight excluding hydrogens is 487 g/mol. The quantitative estimate of drug-likeness (QED) is 0.234. The summed E-state index contributed by atoms with van der Waals surface area (Å²) in [5.41, 5.74) is 2.87. The highest BCUT2D eigenvalue weighted by Gasteiger charge is 2.14. The van der Waals surface area contributed by atoms with Crippen LogP contribution in [0.25, 0.3) is 22.2 Å². The molecule has 0 aliphatic carbocycles. The average molecular weight is 505 g/mol. The van der Waals surface area contributed by atoms with E-state index in [4.69, 9.17) is 27.6 Å². The van der Waals surface area contributed by atoms with Crippen LogP contribution in [-0.4, -0.2) is 21.2 Å². The van der Waals surface area contributed by atoms with E-state index in [-0.39, 0.29) is 35.0 Å². The zero-order chi connectivity index (χ0) is 24.4. The van der Waals surface area contributed by atoms with Gasteiger partial charge in [0, 0.05) is 27.0 Å². The molecule has 174 valence electrons. The van der Waals surface area contributed by atoms with Crippen molar-refractivity contribution in [3.05, 3.63) is 94.5 Å². The molecular formula is C26H18Cl2N4O3. The Labute approximate surface area is 210 Å². The molecule has 7 nitrogen and oxygen atoms in total. The van der Waals surface area contributed by atoms with Crippen molar-refractivity contribution in [2.75, 3.05) is 10.6 Å². The molecule has 1 heterocycles. The van der Waals surface area contributed by atoms with E-state index in [9.17, 15) is 9.90 Å². The summed E-state index contributed by atoms with van der Waals surface area (Å²) in [6, 6.07) is 23.3. The van der Waals surface area contributed by atoms with Crippen LogP contribution in [0.3, 0.4) is 0 Å². The molecule has 0 radical (unpaired) electrons. The van der Waals surface area contributed by atoms with Crippen LogP contribution in [0.15, 0.2) is 83.3 Å². The number of rotatable bonds is 6. The number of fused-ring (bicyclic) bond motifs is 1. The van der Waals surface area contributed by atoms with Gasteiger partial charge < -0.3 is 20.2 Å². The van der Waals surface area contributed by atoms with Gasteiger partial charge in [-0.1, -0.05) is 64.7 Å². The maximum atomic E-state index is 12.7. The van der Waals surface area contributed by atoms with Crippen LogP contribution in [0.4, 0.5) is 17.4 Å². The molecule has 3 N–H and O–H groups in total. The summed E-state index contributed by atoms with van der Waals surface area (Å²) < 4.78 is 5.73. The first kappa shape index (κ1) is 22.7. The first-order valence-electron chi connectivity index (χ1n) is 10.6. The first-order valence-corrected chi connectivity index (χ1v) is 11.4. The van der Waals surface area contributed by atoms with Crippen molar-refractivity contribution in [2.24, 2.45) is 0 Å². The molecule has 9 heteroatoms. The molecule has 0 aliphatic rings. The van der Waals surface area contributed by atoms with Crippen LogP contribution < -0.4 is 10.6 Å². The molecule has 0 saturated carbocycles. The third-order valence-corrected chi connectivity index (χ3v) is 5.89. The topological polar surface area (TPSA) is 100 Å². The highest BCUT2D eigenvalue weighted by Crippen LogP contribution is 2.33. The SMILES string of the molecule is O=C(Cc1ccc(Cl)cc1)Nc1ccc(Nc2nnc(-c3ccc(O)c(Cl)c3)o2)c2ccccc12. The lowest BCUT2D eigenvalue weighted by molar-refractivity contribution is -0.115. The third-order valence-electron chi connectivity index (χ3n) is 5.34. The van der Waals surface area contributed by atoms with Gasteiger partial charge in [0.05, 0.1) is 17.1 Å². The first-order chi connectivity index (χ1) is 17.0. The van der Waals surface area contributed by atoms with Crippen LogP contribution in [-0.2, 0) is 11.2 Å². The molecule has 4 aromatic carbocycles. The van der Waals surface area contributed by atoms with Crippen LogP contribution >= 0.6 is 23.2 Å². The van der Waals surface area contributed by atoms with Crippen molar-refractivity contribution in [3.63, 3.8) is 0 Å². The number of hydrogen-bond acceptors (Lipinski definition) is 6. The molecule has 0 fully saturated rings. The van der Waals surface area contributed by atoms with E-state index >= 15 is 0 Å². The molecule has 0 aliphatic heterocycles. The second kappa shape index (κ2) is 9.66. The number of phenols is 1. The monoisotopic (exact) mass is 504 g/mol. The third kappa shape index (κ3) is 5.06. The second-order valence-electron chi connectivity index (χ2n) is 7.76. The van der Waals surface area contributed by atoms with E-state index in [0.717, 1.165) is 22.0 Å². The van der Waals surface area contributed by atoms with E-state index in [1.165, 1.54) is 6.07 Å². The van der Waals surface area contributed by atoms with Gasteiger partial charge in [0.15, 0.2) is 0 Å². The van der Waals surface area contributed by atoms with Gasteiger partial charge in [-0.2, -0.15) is 0 Å². The zero-order valence-electron chi connectivity index (χ0n) is 18.1. The molecule has 0 atom stereocenters. The number of nitrogens with one attached hydrogen (secondary N) is 2. The Bertz CT molecular complexity index is 1530. The Hall–Kier alpha value is -4.07. The molecule has 1 aromatic heterocycles. The number of anilines is 3. The number of aromatic hydroxyl groups is 1. The lowest BCUT2D eigenvalue weighted by atomic mass is 10.1. The number of amides is 1. The Morgan fingerprint density at radius 2 is 1.60 bits per heavy atom. The summed E-state index contributed by atoms with van der Waals surface area (Å²) >= 11 is 11.9. The van der Waals surface area contributed by atoms with Crippen molar-refractivity contribution in [1.82, 2.24) is 10.2 Å². The van der Waals surface area contributed by atoms with Crippen molar-refractivity contribution in [3.8, 4) is 17.2 Å². The number of aromatic nitrogens is 2. The lowest BCUT2D eigenvalue weighted by Gasteiger charge is -2.12. The summed E-state index contributed by atoms with van der Waals surface area (Å²) in [5.74, 6) is 0.0946. The van der Waals surface area contributed by atoms with Gasteiger partial charge in [0.1, 0.15) is 5.75 Å². The van der Waals surface area contributed by atoms with E-state index in [1.807, 2.05) is 48.5 Å². The summed E-state index contributed by atoms with van der Waals surface area (Å²) in [5, 5.41) is 26.4. The number of hydrogen-bond donors (Lipinski definition) is 3. The minimum Gasteiger partial charge on any atom is -0.506 e. The molecule has 0 spiro atoms. The second-order valence-corrected chi connectivity index (χ2v) is 8.60. The van der Waals surface area contributed by atoms with Crippen LogP contribution in [0.2, 0.25) is 10.0 Å². The molecule has 5 aromatic rings. The number of halogens is 2. The molecule has 0 saturated heterocycles. The largest absolute Gasteiger partial charge is 0.506 e. The van der Waals surface area contributed by atoms with Gasteiger partial charge in [0.2, 0.25) is 11.8 Å². The van der Waals surface area contributed by atoms with Crippen molar-refractivity contribution in [2.45, 2.75) is 6.42 Å². The Morgan fingerprint density at radius 1 is 0.886 bits per heavy atom. The predicted octanol–water partition coefficient (Wildman–Crippen LogP) is 6.83. The fourth-order valence-corrected chi connectivity index (χ4v) is 3.95. The molecule has 0 unspecified atom stereocenters. The highest BCUT2D eigenvalue weighted by molar-refractivity contribution is 6.32. The highest BCUT2D eigenvalue weighted by atomic mass is 35.5. The minimum atomic E-state index is -0.132. The van der Waals surface area contributed by atoms with Crippen LogP contribution in [0, 0.1) is 0 Å². The maximum Gasteiger partial charge on any atom is 0.320 e. The smallest absolute Gasteiger partial charge is 0.320 e. The van der Waals surface area contributed by atoms with Gasteiger partial charge in [-0.05, 0) is 48.0 Å². The van der Waals surface area contributed by atoms with Crippen LogP contribution in [0.1, 0.15) is 5.56 Å². The van der Waals surface area contributed by atoms with Crippen LogP contribution in [0.5, 0.6) is 5.75 Å². The van der Waals surface area contributed by atoms with Crippen molar-refractivity contribution >= 4 is 57.3 Å². The predicted molar refractivity (Wildman–Crippen MR) is 137 cm³/mol. The van der Waals surface area contributed by atoms with Gasteiger partial charge in [0.25, 0.3) is 0 Å². The Morgan fingerprint density at radius 3 is 2.34 bits per heavy atom. The van der Waals surface area contributed by atoms with Crippen molar-refractivity contribution in [1.29, 1.82) is 0 Å². The lowest BCUT2D eigenvalue weighted by Crippen LogP contribution is -2.14. The van der Waals surface area contributed by atoms with Gasteiger partial charge in [-0.3, -0.25) is 4.79 Å². The van der Waals surface area contributed by atoms with Crippen molar-refractivity contribution < 1.29 is 14.3 Å². The molecule has 1 amide bonds. The number of phenolic OH excluding ortho intramolecular Hbond substituents is 1. The summed E-state index contributed by atoms with van der Waals surface area (Å²) in [6.07, 6.45) is 0.234. The fourth-order valence-electron chi connectivity index (χ4n) is 3.64. The molecule has 0 bridgehead atoms. The van der Waals surface area contributed by atoms with Gasteiger partial charge in [-0.25, -0.2) is 0 Å². The summed E-state index contributed by atoms with van der Waals surface area (Å²) in [7, 11) is 0. The van der Waals surface area contributed by atoms with E-state index in [0.29, 0.717) is 16.3 Å². The number of carbonyl (C=O) groups is 1. The Kier molecular flexibility index (Phi) is 6.27. The number of nitrogens with zero attached hydrogens (tertiary/aromatic N) is 2. The van der Waals surface area contributed by atoms with E-state index in [2.05, 4.69) is 20.8 Å². The molecule has 5 rings (SSSR count).